The molecule has 1 rings (SSSR count). The van der Waals surface area contributed by atoms with E-state index in [1.165, 1.54) is 0 Å². The van der Waals surface area contributed by atoms with Crippen LogP contribution in [0.15, 0.2) is 12.0 Å². The Bertz CT molecular complexity index is 387. The highest BCUT2D eigenvalue weighted by molar-refractivity contribution is 7.86. The first-order chi connectivity index (χ1) is 6.21. The van der Waals surface area contributed by atoms with Crippen LogP contribution in [0, 0.1) is 0 Å². The van der Waals surface area contributed by atoms with Gasteiger partial charge >= 0.3 is 16.0 Å². The minimum atomic E-state index is -3.74. The maximum atomic E-state index is 12.6. The van der Waals surface area contributed by atoms with Gasteiger partial charge in [0.05, 0.1) is 18.4 Å². The molecule has 1 aliphatic rings. The highest BCUT2D eigenvalue weighted by atomic mass is 32.2. The van der Waals surface area contributed by atoms with Gasteiger partial charge < -0.3 is 9.50 Å². The summed E-state index contributed by atoms with van der Waals surface area (Å²) in [7, 11) is -3.74. The lowest BCUT2D eigenvalue weighted by Crippen LogP contribution is -2.28. The number of carbonyl (C=O) groups is 1. The van der Waals surface area contributed by atoms with E-state index in [0.717, 1.165) is 6.26 Å². The number of hydrogen-bond acceptors (Lipinski definition) is 4. The summed E-state index contributed by atoms with van der Waals surface area (Å²) in [5.74, 6) is -4.95. The summed E-state index contributed by atoms with van der Waals surface area (Å²) in [4.78, 5) is 10.5. The second kappa shape index (κ2) is 3.19. The van der Waals surface area contributed by atoms with Crippen molar-refractivity contribution in [1.29, 1.82) is 0 Å². The van der Waals surface area contributed by atoms with Crippen molar-refractivity contribution in [3.05, 3.63) is 12.0 Å². The van der Waals surface area contributed by atoms with Crippen molar-refractivity contribution in [3.63, 3.8) is 0 Å². The molecule has 5 nitrogen and oxygen atoms in total. The van der Waals surface area contributed by atoms with Gasteiger partial charge in [-0.15, -0.1) is 0 Å². The fourth-order valence-electron chi connectivity index (χ4n) is 0.818. The van der Waals surface area contributed by atoms with Crippen molar-refractivity contribution in [3.8, 4) is 0 Å². The van der Waals surface area contributed by atoms with Crippen molar-refractivity contribution >= 4 is 16.0 Å². The second-order valence-corrected chi connectivity index (χ2v) is 4.38. The zero-order chi connectivity index (χ0) is 11.0. The summed E-state index contributed by atoms with van der Waals surface area (Å²) in [6, 6.07) is 0. The molecule has 1 saturated heterocycles. The average molecular weight is 227 g/mol. The van der Waals surface area contributed by atoms with Crippen LogP contribution in [0.2, 0.25) is 0 Å². The molecule has 1 N–H and O–H groups in total. The van der Waals surface area contributed by atoms with E-state index in [2.05, 4.69) is 4.18 Å². The highest BCUT2D eigenvalue weighted by Crippen LogP contribution is 2.28. The summed E-state index contributed by atoms with van der Waals surface area (Å²) in [6.07, 6.45) is 0.481. The minimum absolute atomic E-state index is 0.259. The fraction of sp³-hybridized carbons (Fsp3) is 0.500. The van der Waals surface area contributed by atoms with Crippen LogP contribution in [-0.2, 0) is 19.1 Å². The largest absolute Gasteiger partial charge is 0.389 e. The van der Waals surface area contributed by atoms with Gasteiger partial charge in [0.25, 0.3) is 5.91 Å². The third kappa shape index (κ3) is 2.66. The Balaban J connectivity index is 2.72. The molecule has 0 bridgehead atoms. The highest BCUT2D eigenvalue weighted by Gasteiger charge is 2.46. The molecule has 0 aromatic carbocycles. The Kier molecular flexibility index (Phi) is 2.49. The predicted octanol–water partition coefficient (Wildman–Crippen LogP) is -0.0408. The molecule has 80 valence electrons. The first kappa shape index (κ1) is 10.9. The normalized spacial score (nSPS) is 23.6. The molecular weight excluding hydrogens is 220 g/mol. The van der Waals surface area contributed by atoms with Crippen LogP contribution in [-0.4, -0.2) is 26.5 Å². The van der Waals surface area contributed by atoms with Gasteiger partial charge in [-0.1, -0.05) is 0 Å². The van der Waals surface area contributed by atoms with Crippen LogP contribution in [0.4, 0.5) is 8.78 Å². The molecule has 0 aromatic rings. The summed E-state index contributed by atoms with van der Waals surface area (Å²) >= 11 is 0. The van der Waals surface area contributed by atoms with Gasteiger partial charge in [-0.2, -0.15) is 17.2 Å². The zero-order valence-electron chi connectivity index (χ0n) is 7.08. The Morgan fingerprint density at radius 1 is 1.57 bits per heavy atom. The first-order valence-corrected chi connectivity index (χ1v) is 5.29. The monoisotopic (exact) mass is 227 g/mol. The van der Waals surface area contributed by atoms with E-state index in [-0.39, 0.29) is 5.70 Å². The number of carbonyl (C=O) groups excluding carboxylic acids is 1. The predicted molar refractivity (Wildman–Crippen MR) is 41.7 cm³/mol. The van der Waals surface area contributed by atoms with E-state index in [0.29, 0.717) is 6.26 Å². The summed E-state index contributed by atoms with van der Waals surface area (Å²) < 4.78 is 50.1. The number of amides is 1. The van der Waals surface area contributed by atoms with E-state index in [1.807, 2.05) is 0 Å². The Morgan fingerprint density at radius 3 is 2.50 bits per heavy atom. The smallest absolute Gasteiger partial charge is 0.330 e. The van der Waals surface area contributed by atoms with E-state index < -0.39 is 28.4 Å². The molecule has 0 radical (unpaired) electrons. The molecule has 0 unspecified atom stereocenters. The number of alkyl halides is 2. The number of allylic oxidation sites excluding steroid dienone is 1. The van der Waals surface area contributed by atoms with E-state index in [9.17, 15) is 22.0 Å². The average Bonchev–Trinajstić information content (AvgIpc) is 2.21. The number of hydrogen-bond donors (Lipinski definition) is 1. The Hall–Kier alpha value is -1.18. The maximum absolute atomic E-state index is 12.6. The molecule has 0 saturated carbocycles. The van der Waals surface area contributed by atoms with Crippen molar-refractivity contribution in [2.75, 3.05) is 6.26 Å². The molecule has 0 aliphatic carbocycles. The zero-order valence-corrected chi connectivity index (χ0v) is 7.90. The molecule has 14 heavy (non-hydrogen) atoms. The van der Waals surface area contributed by atoms with Gasteiger partial charge in [0.1, 0.15) is 6.26 Å². The van der Waals surface area contributed by atoms with Crippen molar-refractivity contribution < 1.29 is 26.2 Å². The maximum Gasteiger partial charge on any atom is 0.330 e. The Morgan fingerprint density at radius 2 is 2.14 bits per heavy atom. The summed E-state index contributed by atoms with van der Waals surface area (Å²) in [5, 5.41) is 1.80. The van der Waals surface area contributed by atoms with E-state index in [1.54, 1.807) is 5.32 Å². The van der Waals surface area contributed by atoms with Crippen LogP contribution < -0.4 is 5.32 Å². The standard InChI is InChI=1S/C6H7F2NO4S/c1-14(11,12)13-3-4-2-6(7,8)5(10)9-4/h3H,2H2,1H3,(H,9,10)/b4-3-. The van der Waals surface area contributed by atoms with Crippen molar-refractivity contribution in [2.24, 2.45) is 0 Å². The summed E-state index contributed by atoms with van der Waals surface area (Å²) in [5.41, 5.74) is -0.259. The molecule has 0 aromatic heterocycles. The molecule has 1 heterocycles. The lowest BCUT2D eigenvalue weighted by Gasteiger charge is -2.00. The lowest BCUT2D eigenvalue weighted by molar-refractivity contribution is -0.139. The van der Waals surface area contributed by atoms with Crippen LogP contribution >= 0.6 is 0 Å². The summed E-state index contributed by atoms with van der Waals surface area (Å²) in [6.45, 7) is 0. The van der Waals surface area contributed by atoms with E-state index in [4.69, 9.17) is 0 Å². The molecule has 1 fully saturated rings. The lowest BCUT2D eigenvalue weighted by atomic mass is 10.3. The van der Waals surface area contributed by atoms with Crippen LogP contribution in [0.25, 0.3) is 0 Å². The van der Waals surface area contributed by atoms with Crippen molar-refractivity contribution in [1.82, 2.24) is 5.32 Å². The van der Waals surface area contributed by atoms with Gasteiger partial charge in [0, 0.05) is 0 Å². The van der Waals surface area contributed by atoms with Crippen LogP contribution in [0.3, 0.4) is 0 Å². The van der Waals surface area contributed by atoms with E-state index >= 15 is 0 Å². The quantitative estimate of drug-likeness (QED) is 0.530. The number of nitrogens with one attached hydrogen (secondary N) is 1. The molecule has 1 aliphatic heterocycles. The van der Waals surface area contributed by atoms with Gasteiger partial charge in [-0.25, -0.2) is 0 Å². The third-order valence-electron chi connectivity index (χ3n) is 1.38. The van der Waals surface area contributed by atoms with Crippen molar-refractivity contribution in [2.45, 2.75) is 12.3 Å². The number of rotatable bonds is 2. The third-order valence-corrected chi connectivity index (χ3v) is 1.83. The van der Waals surface area contributed by atoms with Gasteiger partial charge in [0.2, 0.25) is 0 Å². The fourth-order valence-corrected chi connectivity index (χ4v) is 1.11. The molecule has 8 heteroatoms. The van der Waals surface area contributed by atoms with Gasteiger partial charge in [0.15, 0.2) is 0 Å². The van der Waals surface area contributed by atoms with Crippen LogP contribution in [0.1, 0.15) is 6.42 Å². The Labute approximate surface area is 78.9 Å². The van der Waals surface area contributed by atoms with Gasteiger partial charge in [-0.3, -0.25) is 4.79 Å². The topological polar surface area (TPSA) is 72.5 Å². The van der Waals surface area contributed by atoms with Crippen LogP contribution in [0.5, 0.6) is 0 Å². The molecule has 0 atom stereocenters. The molecular formula is C6H7F2NO4S. The van der Waals surface area contributed by atoms with Gasteiger partial charge in [-0.05, 0) is 0 Å². The first-order valence-electron chi connectivity index (χ1n) is 3.47. The number of halogens is 2. The molecule has 1 amide bonds. The second-order valence-electron chi connectivity index (χ2n) is 2.78. The minimum Gasteiger partial charge on any atom is -0.389 e. The SMILES string of the molecule is CS(=O)(=O)O/C=C1/CC(F)(F)C(=O)N1. The molecule has 0 spiro atoms.